The number of likely N-dealkylation sites (tertiary alicyclic amines) is 1. The third-order valence-electron chi connectivity index (χ3n) is 5.04. The van der Waals surface area contributed by atoms with E-state index in [1.54, 1.807) is 0 Å². The first kappa shape index (κ1) is 17.5. The van der Waals surface area contributed by atoms with Crippen LogP contribution in [-0.2, 0) is 4.74 Å². The normalized spacial score (nSPS) is 21.3. The monoisotopic (exact) mass is 376 g/mol. The fourth-order valence-corrected chi connectivity index (χ4v) is 3.77. The molecule has 4 rings (SSSR count). The number of rotatable bonds is 4. The minimum absolute atomic E-state index is 0.268. The van der Waals surface area contributed by atoms with E-state index in [4.69, 9.17) is 25.9 Å². The van der Waals surface area contributed by atoms with Crippen molar-refractivity contribution in [1.82, 2.24) is 20.4 Å². The first-order chi connectivity index (χ1) is 12.7. The summed E-state index contributed by atoms with van der Waals surface area (Å²) in [5.41, 5.74) is 0. The van der Waals surface area contributed by atoms with Gasteiger partial charge < -0.3 is 23.9 Å². The van der Waals surface area contributed by atoms with Crippen LogP contribution in [0.4, 0.5) is 0 Å². The van der Waals surface area contributed by atoms with Gasteiger partial charge in [-0.2, -0.15) is 4.98 Å². The Bertz CT molecular complexity index is 745. The SMILES string of the molecule is Cc1ccc(-c2noc(C3CCN(C(=S)NC[C@H]4CCCO4)CC3)n2)o1. The van der Waals surface area contributed by atoms with Crippen LogP contribution in [0.2, 0.25) is 0 Å². The average Bonchev–Trinajstić information content (AvgIpc) is 3.41. The van der Waals surface area contributed by atoms with Crippen LogP contribution in [0.15, 0.2) is 21.1 Å². The fraction of sp³-hybridized carbons (Fsp3) is 0.611. The third kappa shape index (κ3) is 3.91. The van der Waals surface area contributed by atoms with Crippen LogP contribution < -0.4 is 5.32 Å². The molecule has 140 valence electrons. The van der Waals surface area contributed by atoms with Crippen LogP contribution in [0, 0.1) is 6.92 Å². The summed E-state index contributed by atoms with van der Waals surface area (Å²) in [5, 5.41) is 8.22. The van der Waals surface area contributed by atoms with Crippen molar-refractivity contribution in [3.63, 3.8) is 0 Å². The summed E-state index contributed by atoms with van der Waals surface area (Å²) in [6.45, 7) is 5.35. The van der Waals surface area contributed by atoms with Gasteiger partial charge in [0.25, 0.3) is 0 Å². The van der Waals surface area contributed by atoms with Crippen molar-refractivity contribution in [2.45, 2.75) is 44.6 Å². The lowest BCUT2D eigenvalue weighted by atomic mass is 9.97. The zero-order valence-electron chi connectivity index (χ0n) is 14.9. The second kappa shape index (κ2) is 7.75. The second-order valence-corrected chi connectivity index (χ2v) is 7.34. The summed E-state index contributed by atoms with van der Waals surface area (Å²) in [7, 11) is 0. The molecule has 0 bridgehead atoms. The number of ether oxygens (including phenoxy) is 1. The molecule has 1 N–H and O–H groups in total. The van der Waals surface area contributed by atoms with Crippen molar-refractivity contribution in [3.05, 3.63) is 23.8 Å². The van der Waals surface area contributed by atoms with Crippen LogP contribution >= 0.6 is 12.2 Å². The highest BCUT2D eigenvalue weighted by molar-refractivity contribution is 7.80. The van der Waals surface area contributed by atoms with Crippen LogP contribution in [-0.4, -0.2) is 52.5 Å². The molecule has 0 saturated carbocycles. The molecule has 0 amide bonds. The van der Waals surface area contributed by atoms with Crippen molar-refractivity contribution in [2.24, 2.45) is 0 Å². The number of hydrogen-bond donors (Lipinski definition) is 1. The molecule has 7 nitrogen and oxygen atoms in total. The highest BCUT2D eigenvalue weighted by Gasteiger charge is 2.27. The number of nitrogens with one attached hydrogen (secondary N) is 1. The molecular weight excluding hydrogens is 352 g/mol. The first-order valence-corrected chi connectivity index (χ1v) is 9.64. The molecule has 0 aliphatic carbocycles. The minimum Gasteiger partial charge on any atom is -0.458 e. The molecule has 2 aromatic heterocycles. The van der Waals surface area contributed by atoms with Crippen LogP contribution in [0.25, 0.3) is 11.6 Å². The lowest BCUT2D eigenvalue weighted by molar-refractivity contribution is 0.113. The first-order valence-electron chi connectivity index (χ1n) is 9.24. The van der Waals surface area contributed by atoms with Crippen LogP contribution in [0.3, 0.4) is 0 Å². The molecule has 2 aliphatic rings. The Morgan fingerprint density at radius 2 is 2.15 bits per heavy atom. The molecule has 4 heterocycles. The van der Waals surface area contributed by atoms with E-state index in [-0.39, 0.29) is 5.92 Å². The van der Waals surface area contributed by atoms with Gasteiger partial charge in [-0.15, -0.1) is 0 Å². The smallest absolute Gasteiger partial charge is 0.238 e. The Morgan fingerprint density at radius 3 is 2.85 bits per heavy atom. The molecule has 0 spiro atoms. The highest BCUT2D eigenvalue weighted by Crippen LogP contribution is 2.29. The predicted octanol–water partition coefficient (Wildman–Crippen LogP) is 2.87. The van der Waals surface area contributed by atoms with Gasteiger partial charge in [0.1, 0.15) is 5.76 Å². The Balaban J connectivity index is 1.28. The van der Waals surface area contributed by atoms with Crippen molar-refractivity contribution in [2.75, 3.05) is 26.2 Å². The Kier molecular flexibility index (Phi) is 5.21. The number of thiocarbonyl (C=S) groups is 1. The van der Waals surface area contributed by atoms with E-state index in [0.29, 0.717) is 23.6 Å². The molecule has 0 unspecified atom stereocenters. The van der Waals surface area contributed by atoms with Crippen LogP contribution in [0.5, 0.6) is 0 Å². The molecule has 2 fully saturated rings. The van der Waals surface area contributed by atoms with E-state index in [2.05, 4.69) is 20.4 Å². The number of hydrogen-bond acceptors (Lipinski definition) is 6. The maximum Gasteiger partial charge on any atom is 0.238 e. The molecule has 2 aromatic rings. The Labute approximate surface area is 158 Å². The van der Waals surface area contributed by atoms with Crippen molar-refractivity contribution >= 4 is 17.3 Å². The fourth-order valence-electron chi connectivity index (χ4n) is 3.50. The largest absolute Gasteiger partial charge is 0.458 e. The van der Waals surface area contributed by atoms with Crippen LogP contribution in [0.1, 0.15) is 43.3 Å². The zero-order chi connectivity index (χ0) is 17.9. The lowest BCUT2D eigenvalue weighted by Crippen LogP contribution is -2.45. The van der Waals surface area contributed by atoms with Crippen molar-refractivity contribution in [1.29, 1.82) is 0 Å². The minimum atomic E-state index is 0.268. The van der Waals surface area contributed by atoms with E-state index in [1.807, 2.05) is 19.1 Å². The van der Waals surface area contributed by atoms with Crippen molar-refractivity contribution in [3.8, 4) is 11.6 Å². The molecule has 2 saturated heterocycles. The van der Waals surface area contributed by atoms with Gasteiger partial charge in [-0.25, -0.2) is 0 Å². The lowest BCUT2D eigenvalue weighted by Gasteiger charge is -2.32. The Hall–Kier alpha value is -1.93. The quantitative estimate of drug-likeness (QED) is 0.817. The summed E-state index contributed by atoms with van der Waals surface area (Å²) >= 11 is 5.53. The van der Waals surface area contributed by atoms with E-state index < -0.39 is 0 Å². The predicted molar refractivity (Wildman–Crippen MR) is 99.9 cm³/mol. The van der Waals surface area contributed by atoms with E-state index >= 15 is 0 Å². The summed E-state index contributed by atoms with van der Waals surface area (Å²) in [5.74, 6) is 2.96. The van der Waals surface area contributed by atoms with Gasteiger partial charge in [-0.1, -0.05) is 5.16 Å². The molecule has 0 aromatic carbocycles. The Morgan fingerprint density at radius 1 is 1.31 bits per heavy atom. The molecule has 0 radical (unpaired) electrons. The average molecular weight is 376 g/mol. The van der Waals surface area contributed by atoms with Gasteiger partial charge >= 0.3 is 0 Å². The van der Waals surface area contributed by atoms with Gasteiger partial charge in [-0.05, 0) is 57.0 Å². The molecular formula is C18H24N4O3S. The summed E-state index contributed by atoms with van der Waals surface area (Å²) in [6, 6.07) is 3.76. The van der Waals surface area contributed by atoms with E-state index in [9.17, 15) is 0 Å². The molecule has 26 heavy (non-hydrogen) atoms. The van der Waals surface area contributed by atoms with Gasteiger partial charge in [0.15, 0.2) is 10.9 Å². The number of piperidine rings is 1. The van der Waals surface area contributed by atoms with Gasteiger partial charge in [0.2, 0.25) is 11.7 Å². The molecule has 1 atom stereocenters. The second-order valence-electron chi connectivity index (χ2n) is 6.95. The topological polar surface area (TPSA) is 76.6 Å². The van der Waals surface area contributed by atoms with E-state index in [0.717, 1.165) is 62.8 Å². The zero-order valence-corrected chi connectivity index (χ0v) is 15.8. The number of nitrogens with zero attached hydrogens (tertiary/aromatic N) is 3. The maximum absolute atomic E-state index is 5.63. The maximum atomic E-state index is 5.63. The number of furan rings is 1. The van der Waals surface area contributed by atoms with Gasteiger partial charge in [0.05, 0.1) is 6.10 Å². The summed E-state index contributed by atoms with van der Waals surface area (Å²) in [6.07, 6.45) is 4.45. The molecule has 8 heteroatoms. The highest BCUT2D eigenvalue weighted by atomic mass is 32.1. The van der Waals surface area contributed by atoms with E-state index in [1.165, 1.54) is 0 Å². The van der Waals surface area contributed by atoms with Gasteiger partial charge in [-0.3, -0.25) is 0 Å². The number of aryl methyl sites for hydroxylation is 1. The third-order valence-corrected chi connectivity index (χ3v) is 5.44. The standard InChI is InChI=1S/C18H24N4O3S/c1-12-4-5-15(24-12)16-20-17(25-21-16)13-6-8-22(9-7-13)18(26)19-11-14-3-2-10-23-14/h4-5,13-14H,2-3,6-11H2,1H3,(H,19,26)/t14-/m1/s1. The number of aromatic nitrogens is 2. The molecule has 2 aliphatic heterocycles. The van der Waals surface area contributed by atoms with Crippen molar-refractivity contribution < 1.29 is 13.7 Å². The summed E-state index contributed by atoms with van der Waals surface area (Å²) in [4.78, 5) is 6.74. The van der Waals surface area contributed by atoms with Gasteiger partial charge in [0, 0.05) is 32.2 Å². The summed E-state index contributed by atoms with van der Waals surface area (Å²) < 4.78 is 16.7.